The number of hydrogen-bond acceptors (Lipinski definition) is 7. The predicted molar refractivity (Wildman–Crippen MR) is 94.2 cm³/mol. The Labute approximate surface area is 155 Å². The standard InChI is InChI=1S/C17H21N3O7/c1-5-27-16(22)12-13(8(2)3)18-17(23)19-14(12)10-6-9(20(24)25)7-11(26-4)15(10)21/h6-8,14,21H,5H2,1-4H3,(H2,18,19,23). The van der Waals surface area contributed by atoms with Gasteiger partial charge in [-0.15, -0.1) is 0 Å². The van der Waals surface area contributed by atoms with Gasteiger partial charge in [0.05, 0.1) is 36.3 Å². The quantitative estimate of drug-likeness (QED) is 0.391. The summed E-state index contributed by atoms with van der Waals surface area (Å²) in [6.07, 6.45) is 0. The summed E-state index contributed by atoms with van der Waals surface area (Å²) in [6, 6.07) is 0.384. The summed E-state index contributed by atoms with van der Waals surface area (Å²) in [6.45, 7) is 5.26. The number of aromatic hydroxyl groups is 1. The Bertz CT molecular complexity index is 817. The van der Waals surface area contributed by atoms with Crippen LogP contribution in [-0.4, -0.2) is 35.7 Å². The number of nitro benzene ring substituents is 1. The molecule has 1 unspecified atom stereocenters. The number of carbonyl (C=O) groups is 2. The van der Waals surface area contributed by atoms with E-state index in [1.54, 1.807) is 20.8 Å². The predicted octanol–water partition coefficient (Wildman–Crippen LogP) is 2.14. The van der Waals surface area contributed by atoms with Crippen molar-refractivity contribution in [3.05, 3.63) is 39.1 Å². The molecule has 0 radical (unpaired) electrons. The smallest absolute Gasteiger partial charge is 0.338 e. The molecule has 146 valence electrons. The van der Waals surface area contributed by atoms with Crippen molar-refractivity contribution in [1.82, 2.24) is 10.6 Å². The van der Waals surface area contributed by atoms with Gasteiger partial charge in [-0.1, -0.05) is 13.8 Å². The first kappa shape index (κ1) is 20.0. The Morgan fingerprint density at radius 1 is 1.41 bits per heavy atom. The zero-order chi connectivity index (χ0) is 20.3. The third-order valence-corrected chi connectivity index (χ3v) is 4.01. The lowest BCUT2D eigenvalue weighted by Gasteiger charge is -2.31. The molecule has 1 aromatic carbocycles. The number of benzene rings is 1. The van der Waals surface area contributed by atoms with Crippen LogP contribution in [-0.2, 0) is 9.53 Å². The van der Waals surface area contributed by atoms with Crippen LogP contribution < -0.4 is 15.4 Å². The topological polar surface area (TPSA) is 140 Å². The third kappa shape index (κ3) is 3.94. The fourth-order valence-corrected chi connectivity index (χ4v) is 2.81. The lowest BCUT2D eigenvalue weighted by Crippen LogP contribution is -2.47. The second kappa shape index (κ2) is 7.94. The number of nitrogens with one attached hydrogen (secondary N) is 2. The third-order valence-electron chi connectivity index (χ3n) is 4.01. The van der Waals surface area contributed by atoms with Crippen LogP contribution in [0.15, 0.2) is 23.4 Å². The Balaban J connectivity index is 2.75. The van der Waals surface area contributed by atoms with Crippen LogP contribution in [0.2, 0.25) is 0 Å². The summed E-state index contributed by atoms with van der Waals surface area (Å²) < 4.78 is 10.1. The van der Waals surface area contributed by atoms with Gasteiger partial charge in [0.25, 0.3) is 5.69 Å². The molecular formula is C17H21N3O7. The van der Waals surface area contributed by atoms with Crippen molar-refractivity contribution in [1.29, 1.82) is 0 Å². The molecule has 1 aliphatic rings. The molecule has 2 amide bonds. The molecule has 2 rings (SSSR count). The molecule has 1 aromatic rings. The van der Waals surface area contributed by atoms with Crippen LogP contribution in [0, 0.1) is 16.0 Å². The van der Waals surface area contributed by atoms with Gasteiger partial charge in [0.2, 0.25) is 0 Å². The first-order valence-corrected chi connectivity index (χ1v) is 8.25. The van der Waals surface area contributed by atoms with Crippen LogP contribution in [0.25, 0.3) is 0 Å². The minimum absolute atomic E-state index is 0.0443. The van der Waals surface area contributed by atoms with E-state index in [4.69, 9.17) is 9.47 Å². The highest BCUT2D eigenvalue weighted by Crippen LogP contribution is 2.42. The fraction of sp³-hybridized carbons (Fsp3) is 0.412. The monoisotopic (exact) mass is 379 g/mol. The van der Waals surface area contributed by atoms with E-state index in [0.717, 1.165) is 12.1 Å². The number of amides is 2. The van der Waals surface area contributed by atoms with Crippen molar-refractivity contribution in [2.45, 2.75) is 26.8 Å². The first-order chi connectivity index (χ1) is 12.7. The zero-order valence-corrected chi connectivity index (χ0v) is 15.4. The van der Waals surface area contributed by atoms with Gasteiger partial charge in [0.15, 0.2) is 11.5 Å². The summed E-state index contributed by atoms with van der Waals surface area (Å²) in [5, 5.41) is 26.8. The van der Waals surface area contributed by atoms with Crippen molar-refractivity contribution in [2.75, 3.05) is 13.7 Å². The van der Waals surface area contributed by atoms with Crippen molar-refractivity contribution in [3.63, 3.8) is 0 Å². The van der Waals surface area contributed by atoms with Crippen molar-refractivity contribution in [2.24, 2.45) is 5.92 Å². The average molecular weight is 379 g/mol. The molecule has 3 N–H and O–H groups in total. The summed E-state index contributed by atoms with van der Waals surface area (Å²) >= 11 is 0. The van der Waals surface area contributed by atoms with E-state index in [1.165, 1.54) is 7.11 Å². The summed E-state index contributed by atoms with van der Waals surface area (Å²) in [5.74, 6) is -1.52. The number of ether oxygens (including phenoxy) is 2. The second-order valence-electron chi connectivity index (χ2n) is 6.08. The summed E-state index contributed by atoms with van der Waals surface area (Å²) in [7, 11) is 1.24. The molecule has 0 saturated carbocycles. The molecule has 10 nitrogen and oxygen atoms in total. The van der Waals surface area contributed by atoms with Gasteiger partial charge >= 0.3 is 12.0 Å². The number of hydrogen-bond donors (Lipinski definition) is 3. The van der Waals surface area contributed by atoms with Crippen LogP contribution in [0.4, 0.5) is 10.5 Å². The second-order valence-corrected chi connectivity index (χ2v) is 6.08. The van der Waals surface area contributed by atoms with E-state index in [-0.39, 0.29) is 35.1 Å². The molecule has 0 aromatic heterocycles. The number of rotatable bonds is 6. The minimum Gasteiger partial charge on any atom is -0.504 e. The Hall–Kier alpha value is -3.30. The lowest BCUT2D eigenvalue weighted by atomic mass is 9.90. The maximum absolute atomic E-state index is 12.6. The van der Waals surface area contributed by atoms with E-state index in [0.29, 0.717) is 5.70 Å². The van der Waals surface area contributed by atoms with Crippen LogP contribution >= 0.6 is 0 Å². The minimum atomic E-state index is -1.15. The number of allylic oxidation sites excluding steroid dienone is 1. The van der Waals surface area contributed by atoms with Crippen molar-refractivity contribution >= 4 is 17.7 Å². The van der Waals surface area contributed by atoms with E-state index < -0.39 is 28.7 Å². The SMILES string of the molecule is CCOC(=O)C1=C(C(C)C)NC(=O)NC1c1cc([N+](=O)[O-])cc(OC)c1O. The average Bonchev–Trinajstić information content (AvgIpc) is 2.60. The molecular weight excluding hydrogens is 358 g/mol. The molecule has 0 aliphatic carbocycles. The Morgan fingerprint density at radius 2 is 2.07 bits per heavy atom. The molecule has 1 aliphatic heterocycles. The number of esters is 1. The highest BCUT2D eigenvalue weighted by molar-refractivity contribution is 5.95. The van der Waals surface area contributed by atoms with Gasteiger partial charge in [-0.2, -0.15) is 0 Å². The maximum atomic E-state index is 12.6. The highest BCUT2D eigenvalue weighted by atomic mass is 16.6. The Morgan fingerprint density at radius 3 is 2.59 bits per heavy atom. The van der Waals surface area contributed by atoms with Crippen LogP contribution in [0.5, 0.6) is 11.5 Å². The Kier molecular flexibility index (Phi) is 5.88. The maximum Gasteiger partial charge on any atom is 0.338 e. The lowest BCUT2D eigenvalue weighted by molar-refractivity contribution is -0.385. The molecule has 1 heterocycles. The van der Waals surface area contributed by atoms with Gasteiger partial charge in [0, 0.05) is 17.3 Å². The van der Waals surface area contributed by atoms with Gasteiger partial charge in [-0.3, -0.25) is 10.1 Å². The van der Waals surface area contributed by atoms with E-state index >= 15 is 0 Å². The molecule has 1 atom stereocenters. The van der Waals surface area contributed by atoms with Gasteiger partial charge in [0.1, 0.15) is 0 Å². The van der Waals surface area contributed by atoms with E-state index in [9.17, 15) is 24.8 Å². The largest absolute Gasteiger partial charge is 0.504 e. The van der Waals surface area contributed by atoms with Crippen molar-refractivity contribution in [3.8, 4) is 11.5 Å². The van der Waals surface area contributed by atoms with Gasteiger partial charge < -0.3 is 25.2 Å². The number of carbonyl (C=O) groups excluding carboxylic acids is 2. The number of nitrogens with zero attached hydrogens (tertiary/aromatic N) is 1. The van der Waals surface area contributed by atoms with E-state index in [2.05, 4.69) is 10.6 Å². The van der Waals surface area contributed by atoms with Crippen molar-refractivity contribution < 1.29 is 29.1 Å². The summed E-state index contributed by atoms with van der Waals surface area (Å²) in [5.41, 5.74) is -0.0322. The number of phenols is 1. The van der Waals surface area contributed by atoms with E-state index in [1.807, 2.05) is 0 Å². The molecule has 27 heavy (non-hydrogen) atoms. The zero-order valence-electron chi connectivity index (χ0n) is 15.4. The van der Waals surface area contributed by atoms with Crippen LogP contribution in [0.1, 0.15) is 32.4 Å². The normalized spacial score (nSPS) is 16.6. The summed E-state index contributed by atoms with van der Waals surface area (Å²) in [4.78, 5) is 35.3. The molecule has 0 fully saturated rings. The number of methoxy groups -OCH3 is 1. The number of urea groups is 1. The number of phenolic OH excluding ortho intramolecular Hbond substituents is 1. The van der Waals surface area contributed by atoms with Gasteiger partial charge in [-0.05, 0) is 12.8 Å². The van der Waals surface area contributed by atoms with Gasteiger partial charge in [-0.25, -0.2) is 9.59 Å². The molecule has 0 bridgehead atoms. The molecule has 0 spiro atoms. The fourth-order valence-electron chi connectivity index (χ4n) is 2.81. The highest BCUT2D eigenvalue weighted by Gasteiger charge is 2.37. The molecule has 10 heteroatoms. The molecule has 0 saturated heterocycles. The van der Waals surface area contributed by atoms with Crippen LogP contribution in [0.3, 0.4) is 0 Å². The number of non-ortho nitro benzene ring substituents is 1. The first-order valence-electron chi connectivity index (χ1n) is 8.25. The number of nitro groups is 1.